The Morgan fingerprint density at radius 3 is 2.41 bits per heavy atom. The molecule has 0 saturated carbocycles. The van der Waals surface area contributed by atoms with Crippen LogP contribution in [-0.2, 0) is 16.1 Å². The van der Waals surface area contributed by atoms with Gasteiger partial charge in [0, 0.05) is 24.5 Å². The summed E-state index contributed by atoms with van der Waals surface area (Å²) >= 11 is 0. The van der Waals surface area contributed by atoms with Gasteiger partial charge in [-0.15, -0.1) is 0 Å². The number of methoxy groups -OCH3 is 1. The highest BCUT2D eigenvalue weighted by atomic mass is 16.5. The maximum Gasteiger partial charge on any atom is 0.295 e. The average Bonchev–Trinajstić information content (AvgIpc) is 3.19. The number of nitrogens with zero attached hydrogens (tertiary/aromatic N) is 2. The van der Waals surface area contributed by atoms with Gasteiger partial charge in [0.15, 0.2) is 0 Å². The quantitative estimate of drug-likeness (QED) is 0.208. The van der Waals surface area contributed by atoms with Crippen molar-refractivity contribution >= 4 is 17.4 Å². The van der Waals surface area contributed by atoms with Gasteiger partial charge in [0.2, 0.25) is 0 Å². The average molecular weight is 493 g/mol. The Labute approximate surface area is 214 Å². The van der Waals surface area contributed by atoms with Crippen LogP contribution in [-0.4, -0.2) is 33.8 Å². The van der Waals surface area contributed by atoms with Crippen LogP contribution >= 0.6 is 0 Å². The fourth-order valence-corrected chi connectivity index (χ4v) is 4.38. The molecule has 1 amide bonds. The van der Waals surface area contributed by atoms with E-state index >= 15 is 0 Å². The second-order valence-corrected chi connectivity index (χ2v) is 8.51. The second-order valence-electron chi connectivity index (χ2n) is 8.51. The van der Waals surface area contributed by atoms with E-state index in [9.17, 15) is 14.7 Å². The minimum Gasteiger partial charge on any atom is -0.507 e. The molecule has 7 nitrogen and oxygen atoms in total. The van der Waals surface area contributed by atoms with E-state index in [1.807, 2.05) is 42.5 Å². The predicted molar refractivity (Wildman–Crippen MR) is 138 cm³/mol. The number of benzene rings is 3. The third kappa shape index (κ3) is 4.92. The van der Waals surface area contributed by atoms with E-state index in [1.165, 1.54) is 12.0 Å². The maximum atomic E-state index is 13.3. The lowest BCUT2D eigenvalue weighted by molar-refractivity contribution is -0.140. The van der Waals surface area contributed by atoms with E-state index in [1.54, 1.807) is 60.9 Å². The van der Waals surface area contributed by atoms with E-state index in [2.05, 4.69) is 4.98 Å². The maximum absolute atomic E-state index is 13.3. The number of pyridine rings is 1. The Morgan fingerprint density at radius 2 is 1.65 bits per heavy atom. The number of amides is 1. The summed E-state index contributed by atoms with van der Waals surface area (Å²) in [5, 5.41) is 11.3. The summed E-state index contributed by atoms with van der Waals surface area (Å²) in [6.07, 6.45) is 3.29. The first kappa shape index (κ1) is 23.8. The van der Waals surface area contributed by atoms with Crippen molar-refractivity contribution in [2.75, 3.05) is 7.11 Å². The fraction of sp³-hybridized carbons (Fsp3) is 0.100. The van der Waals surface area contributed by atoms with Crippen LogP contribution in [0, 0.1) is 0 Å². The molecule has 0 aliphatic carbocycles. The largest absolute Gasteiger partial charge is 0.507 e. The van der Waals surface area contributed by atoms with E-state index < -0.39 is 17.7 Å². The summed E-state index contributed by atoms with van der Waals surface area (Å²) in [7, 11) is 1.52. The van der Waals surface area contributed by atoms with E-state index in [4.69, 9.17) is 9.47 Å². The molecule has 4 aromatic rings. The van der Waals surface area contributed by atoms with Crippen LogP contribution in [0.25, 0.3) is 5.76 Å². The van der Waals surface area contributed by atoms with Gasteiger partial charge in [-0.05, 0) is 53.6 Å². The van der Waals surface area contributed by atoms with Gasteiger partial charge in [-0.2, -0.15) is 0 Å². The highest BCUT2D eigenvalue weighted by molar-refractivity contribution is 6.46. The van der Waals surface area contributed by atoms with Crippen molar-refractivity contribution in [1.82, 2.24) is 9.88 Å². The highest BCUT2D eigenvalue weighted by Crippen LogP contribution is 2.41. The fourth-order valence-electron chi connectivity index (χ4n) is 4.38. The molecule has 184 valence electrons. The number of ketones is 1. The summed E-state index contributed by atoms with van der Waals surface area (Å²) in [4.78, 5) is 32.2. The van der Waals surface area contributed by atoms with Crippen molar-refractivity contribution in [3.63, 3.8) is 0 Å². The molecular formula is C30H24N2O5. The molecule has 2 heterocycles. The third-order valence-electron chi connectivity index (χ3n) is 6.11. The molecule has 7 heteroatoms. The number of likely N-dealkylation sites (tertiary alicyclic amines) is 1. The van der Waals surface area contributed by atoms with E-state index in [0.717, 1.165) is 5.56 Å². The van der Waals surface area contributed by atoms with Crippen LogP contribution in [0.3, 0.4) is 0 Å². The molecule has 1 unspecified atom stereocenters. The molecule has 37 heavy (non-hydrogen) atoms. The van der Waals surface area contributed by atoms with Crippen LogP contribution in [0.4, 0.5) is 0 Å². The molecular weight excluding hydrogens is 468 g/mol. The Hall–Kier alpha value is -4.91. The molecule has 1 fully saturated rings. The van der Waals surface area contributed by atoms with Gasteiger partial charge in [0.05, 0.1) is 18.7 Å². The number of carbonyl (C=O) groups is 2. The normalized spacial score (nSPS) is 16.6. The lowest BCUT2D eigenvalue weighted by atomic mass is 9.95. The zero-order chi connectivity index (χ0) is 25.8. The van der Waals surface area contributed by atoms with E-state index in [-0.39, 0.29) is 17.9 Å². The standard InChI is InChI=1S/C30H24N2O5/c1-36-24-13-6-10-22(17-24)28(33)26-27(32(30(35)29(26)34)19-20-8-7-15-31-18-20)21-9-5-14-25(16-21)37-23-11-3-2-4-12-23/h2-18,27,33H,19H2,1H3/b28-26+. The molecule has 1 saturated heterocycles. The van der Waals surface area contributed by atoms with Crippen molar-refractivity contribution in [3.05, 3.63) is 126 Å². The summed E-state index contributed by atoms with van der Waals surface area (Å²) in [5.74, 6) is -0.0254. The molecule has 1 aliphatic rings. The lowest BCUT2D eigenvalue weighted by Gasteiger charge is -2.25. The summed E-state index contributed by atoms with van der Waals surface area (Å²) in [6.45, 7) is 0.141. The zero-order valence-corrected chi connectivity index (χ0v) is 20.1. The Bertz CT molecular complexity index is 1470. The molecule has 1 N–H and O–H groups in total. The van der Waals surface area contributed by atoms with E-state index in [0.29, 0.717) is 28.4 Å². The Kier molecular flexibility index (Phi) is 6.68. The van der Waals surface area contributed by atoms with Gasteiger partial charge in [0.1, 0.15) is 23.0 Å². The summed E-state index contributed by atoms with van der Waals surface area (Å²) in [6, 6.07) is 26.0. The number of carbonyl (C=O) groups excluding carboxylic acids is 2. The SMILES string of the molecule is COc1cccc(/C(O)=C2\C(=O)C(=O)N(Cc3cccnc3)C2c2cccc(Oc3ccccc3)c2)c1. The van der Waals surface area contributed by atoms with Crippen LogP contribution in [0.5, 0.6) is 17.2 Å². The molecule has 1 aliphatic heterocycles. The van der Waals surface area contributed by atoms with Crippen LogP contribution in [0.1, 0.15) is 22.7 Å². The number of Topliss-reactive ketones (excluding diaryl/α,β-unsaturated/α-hetero) is 1. The molecule has 5 rings (SSSR count). The van der Waals surface area contributed by atoms with Crippen molar-refractivity contribution in [3.8, 4) is 17.2 Å². The molecule has 1 aromatic heterocycles. The zero-order valence-electron chi connectivity index (χ0n) is 20.1. The number of hydrogen-bond acceptors (Lipinski definition) is 6. The van der Waals surface area contributed by atoms with Gasteiger partial charge in [-0.25, -0.2) is 0 Å². The lowest BCUT2D eigenvalue weighted by Crippen LogP contribution is -2.29. The minimum atomic E-state index is -0.842. The number of ether oxygens (including phenoxy) is 2. The smallest absolute Gasteiger partial charge is 0.295 e. The Morgan fingerprint density at radius 1 is 0.892 bits per heavy atom. The van der Waals surface area contributed by atoms with Crippen LogP contribution < -0.4 is 9.47 Å². The first-order valence-corrected chi connectivity index (χ1v) is 11.7. The number of hydrogen-bond donors (Lipinski definition) is 1. The van der Waals surface area contributed by atoms with Crippen molar-refractivity contribution < 1.29 is 24.2 Å². The highest BCUT2D eigenvalue weighted by Gasteiger charge is 2.46. The number of aromatic nitrogens is 1. The monoisotopic (exact) mass is 492 g/mol. The minimum absolute atomic E-state index is 0.000922. The molecule has 1 atom stereocenters. The van der Waals surface area contributed by atoms with Crippen molar-refractivity contribution in [2.24, 2.45) is 0 Å². The third-order valence-corrected chi connectivity index (χ3v) is 6.11. The Balaban J connectivity index is 1.62. The molecule has 0 radical (unpaired) electrons. The number of aliphatic hydroxyl groups is 1. The molecule has 3 aromatic carbocycles. The topological polar surface area (TPSA) is 89.0 Å². The number of rotatable bonds is 7. The van der Waals surface area contributed by atoms with Crippen molar-refractivity contribution in [1.29, 1.82) is 0 Å². The first-order chi connectivity index (χ1) is 18.0. The summed E-state index contributed by atoms with van der Waals surface area (Å²) < 4.78 is 11.3. The van der Waals surface area contributed by atoms with Crippen molar-refractivity contribution in [2.45, 2.75) is 12.6 Å². The molecule has 0 spiro atoms. The first-order valence-electron chi connectivity index (χ1n) is 11.7. The number of aliphatic hydroxyl groups excluding tert-OH is 1. The van der Waals surface area contributed by atoms with Crippen LogP contribution in [0.15, 0.2) is 109 Å². The van der Waals surface area contributed by atoms with Gasteiger partial charge in [0.25, 0.3) is 11.7 Å². The van der Waals surface area contributed by atoms with Gasteiger partial charge in [-0.1, -0.05) is 48.5 Å². The number of para-hydroxylation sites is 1. The van der Waals surface area contributed by atoms with Gasteiger partial charge >= 0.3 is 0 Å². The van der Waals surface area contributed by atoms with Gasteiger partial charge in [-0.3, -0.25) is 14.6 Å². The van der Waals surface area contributed by atoms with Gasteiger partial charge < -0.3 is 19.5 Å². The molecule has 0 bridgehead atoms. The predicted octanol–water partition coefficient (Wildman–Crippen LogP) is 5.50. The second kappa shape index (κ2) is 10.4. The van der Waals surface area contributed by atoms with Crippen LogP contribution in [0.2, 0.25) is 0 Å². The summed E-state index contributed by atoms with van der Waals surface area (Å²) in [5.41, 5.74) is 1.76.